The van der Waals surface area contributed by atoms with Crippen LogP contribution in [0.2, 0.25) is 0 Å². The Morgan fingerprint density at radius 2 is 2.20 bits per heavy atom. The molecular weight excluding hydrogens is 128 g/mol. The summed E-state index contributed by atoms with van der Waals surface area (Å²) in [5.74, 6) is 0.856. The van der Waals surface area contributed by atoms with Gasteiger partial charge in [-0.25, -0.2) is 0 Å². The second-order valence-electron chi connectivity index (χ2n) is 2.03. The lowest BCUT2D eigenvalue weighted by atomic mass is 10.1. The van der Waals surface area contributed by atoms with Crippen LogP contribution in [-0.4, -0.2) is 20.3 Å². The van der Waals surface area contributed by atoms with Crippen molar-refractivity contribution >= 4 is 0 Å². The molecule has 1 aliphatic carbocycles. The van der Waals surface area contributed by atoms with Gasteiger partial charge in [0.25, 0.3) is 0 Å². The fourth-order valence-electron chi connectivity index (χ4n) is 0.816. The van der Waals surface area contributed by atoms with Gasteiger partial charge in [-0.3, -0.25) is 0 Å². The standard InChI is InChI=1S/C8H11O2/c1-9-7-4-3-5-8(6-7)10-2/h3-7H,1-2H3. The van der Waals surface area contributed by atoms with Crippen molar-refractivity contribution in [1.82, 2.24) is 0 Å². The van der Waals surface area contributed by atoms with Crippen LogP contribution in [0.1, 0.15) is 0 Å². The zero-order valence-corrected chi connectivity index (χ0v) is 6.20. The molecule has 1 aliphatic rings. The smallest absolute Gasteiger partial charge is 0.102 e. The topological polar surface area (TPSA) is 18.5 Å². The van der Waals surface area contributed by atoms with Gasteiger partial charge in [-0.05, 0) is 6.08 Å². The van der Waals surface area contributed by atoms with Crippen molar-refractivity contribution < 1.29 is 9.47 Å². The van der Waals surface area contributed by atoms with E-state index in [1.165, 1.54) is 0 Å². The van der Waals surface area contributed by atoms with Crippen LogP contribution < -0.4 is 0 Å². The predicted molar refractivity (Wildman–Crippen MR) is 39.3 cm³/mol. The molecule has 55 valence electrons. The third-order valence-corrected chi connectivity index (χ3v) is 1.40. The molecule has 1 radical (unpaired) electrons. The molecule has 0 bridgehead atoms. The van der Waals surface area contributed by atoms with Gasteiger partial charge in [0.2, 0.25) is 0 Å². The highest BCUT2D eigenvalue weighted by Gasteiger charge is 2.09. The Bertz CT molecular complexity index is 159. The number of methoxy groups -OCH3 is 2. The zero-order chi connectivity index (χ0) is 7.40. The van der Waals surface area contributed by atoms with E-state index >= 15 is 0 Å². The summed E-state index contributed by atoms with van der Waals surface area (Å²) in [6, 6.07) is 0. The number of allylic oxidation sites excluding steroid dienone is 2. The lowest BCUT2D eigenvalue weighted by molar-refractivity contribution is 0.155. The molecule has 0 spiro atoms. The third-order valence-electron chi connectivity index (χ3n) is 1.40. The normalized spacial score (nSPS) is 24.2. The molecule has 0 aromatic carbocycles. The summed E-state index contributed by atoms with van der Waals surface area (Å²) in [5, 5.41) is 0. The van der Waals surface area contributed by atoms with Gasteiger partial charge in [0, 0.05) is 7.11 Å². The molecule has 1 unspecified atom stereocenters. The average molecular weight is 139 g/mol. The lowest BCUT2D eigenvalue weighted by Gasteiger charge is -2.14. The monoisotopic (exact) mass is 139 g/mol. The van der Waals surface area contributed by atoms with Gasteiger partial charge >= 0.3 is 0 Å². The van der Waals surface area contributed by atoms with E-state index in [0.29, 0.717) is 0 Å². The number of hydrogen-bond donors (Lipinski definition) is 0. The summed E-state index contributed by atoms with van der Waals surface area (Å²) in [6.45, 7) is 0. The highest BCUT2D eigenvalue weighted by Crippen LogP contribution is 2.13. The minimum atomic E-state index is 0.0694. The maximum atomic E-state index is 5.06. The molecule has 0 N–H and O–H groups in total. The van der Waals surface area contributed by atoms with Crippen LogP contribution in [0.4, 0.5) is 0 Å². The van der Waals surface area contributed by atoms with Crippen LogP contribution in [0, 0.1) is 6.42 Å². The first kappa shape index (κ1) is 7.35. The largest absolute Gasteiger partial charge is 0.501 e. The SMILES string of the molecule is COC1=CC=CC(OC)[CH]1. The molecule has 0 fully saturated rings. The molecule has 0 aromatic rings. The molecule has 0 saturated carbocycles. The van der Waals surface area contributed by atoms with Crippen molar-refractivity contribution in [3.63, 3.8) is 0 Å². The second-order valence-corrected chi connectivity index (χ2v) is 2.03. The molecular formula is C8H11O2. The minimum absolute atomic E-state index is 0.0694. The Hall–Kier alpha value is -0.760. The fourth-order valence-corrected chi connectivity index (χ4v) is 0.816. The molecule has 1 rings (SSSR count). The van der Waals surface area contributed by atoms with E-state index in [-0.39, 0.29) is 6.10 Å². The number of hydrogen-bond acceptors (Lipinski definition) is 2. The molecule has 0 aliphatic heterocycles. The highest BCUT2D eigenvalue weighted by molar-refractivity contribution is 5.25. The van der Waals surface area contributed by atoms with Crippen molar-refractivity contribution in [3.05, 3.63) is 30.4 Å². The number of ether oxygens (including phenoxy) is 2. The number of rotatable bonds is 2. The van der Waals surface area contributed by atoms with Crippen LogP contribution >= 0.6 is 0 Å². The Labute approximate surface area is 61.1 Å². The van der Waals surface area contributed by atoms with E-state index in [1.807, 2.05) is 24.6 Å². The summed E-state index contributed by atoms with van der Waals surface area (Å²) >= 11 is 0. The van der Waals surface area contributed by atoms with Crippen molar-refractivity contribution in [2.75, 3.05) is 14.2 Å². The highest BCUT2D eigenvalue weighted by atomic mass is 16.5. The van der Waals surface area contributed by atoms with E-state index in [2.05, 4.69) is 0 Å². The van der Waals surface area contributed by atoms with Crippen LogP contribution in [0.25, 0.3) is 0 Å². The van der Waals surface area contributed by atoms with Crippen molar-refractivity contribution in [1.29, 1.82) is 0 Å². The van der Waals surface area contributed by atoms with Crippen molar-refractivity contribution in [2.45, 2.75) is 6.10 Å². The molecule has 1 atom stereocenters. The first-order chi connectivity index (χ1) is 4.86. The van der Waals surface area contributed by atoms with Crippen LogP contribution in [0.15, 0.2) is 24.0 Å². The van der Waals surface area contributed by atoms with E-state index in [4.69, 9.17) is 9.47 Å². The van der Waals surface area contributed by atoms with Crippen molar-refractivity contribution in [2.24, 2.45) is 0 Å². The van der Waals surface area contributed by atoms with Gasteiger partial charge in [0.05, 0.1) is 19.6 Å². The Kier molecular flexibility index (Phi) is 2.51. The lowest BCUT2D eigenvalue weighted by Crippen LogP contribution is -2.12. The zero-order valence-electron chi connectivity index (χ0n) is 6.20. The quantitative estimate of drug-likeness (QED) is 0.574. The van der Waals surface area contributed by atoms with Crippen molar-refractivity contribution in [3.8, 4) is 0 Å². The maximum Gasteiger partial charge on any atom is 0.102 e. The first-order valence-electron chi connectivity index (χ1n) is 3.17. The van der Waals surface area contributed by atoms with Gasteiger partial charge in [0.1, 0.15) is 5.76 Å². The molecule has 0 heterocycles. The summed E-state index contributed by atoms with van der Waals surface area (Å²) in [4.78, 5) is 0. The molecule has 0 saturated heterocycles. The van der Waals surface area contributed by atoms with E-state index in [0.717, 1.165) is 5.76 Å². The van der Waals surface area contributed by atoms with Gasteiger partial charge in [-0.15, -0.1) is 0 Å². The summed E-state index contributed by atoms with van der Waals surface area (Å²) in [5.41, 5.74) is 0. The van der Waals surface area contributed by atoms with Crippen LogP contribution in [0.3, 0.4) is 0 Å². The molecule has 2 heteroatoms. The Morgan fingerprint density at radius 3 is 2.80 bits per heavy atom. The summed E-state index contributed by atoms with van der Waals surface area (Å²) in [7, 11) is 3.32. The Balaban J connectivity index is 2.50. The van der Waals surface area contributed by atoms with E-state index < -0.39 is 0 Å². The fraction of sp³-hybridized carbons (Fsp3) is 0.375. The van der Waals surface area contributed by atoms with E-state index in [9.17, 15) is 0 Å². The third kappa shape index (κ3) is 1.61. The molecule has 10 heavy (non-hydrogen) atoms. The van der Waals surface area contributed by atoms with Crippen LogP contribution in [-0.2, 0) is 9.47 Å². The van der Waals surface area contributed by atoms with Gasteiger partial charge in [0.15, 0.2) is 0 Å². The summed E-state index contributed by atoms with van der Waals surface area (Å²) in [6.07, 6.45) is 7.77. The molecule has 0 aromatic heterocycles. The molecule has 2 nitrogen and oxygen atoms in total. The van der Waals surface area contributed by atoms with Gasteiger partial charge in [-0.1, -0.05) is 12.2 Å². The Morgan fingerprint density at radius 1 is 1.40 bits per heavy atom. The van der Waals surface area contributed by atoms with Gasteiger partial charge in [-0.2, -0.15) is 0 Å². The minimum Gasteiger partial charge on any atom is -0.501 e. The van der Waals surface area contributed by atoms with Crippen LogP contribution in [0.5, 0.6) is 0 Å². The maximum absolute atomic E-state index is 5.06. The second kappa shape index (κ2) is 3.42. The average Bonchev–Trinajstić information content (AvgIpc) is 2.05. The van der Waals surface area contributed by atoms with Gasteiger partial charge < -0.3 is 9.47 Å². The summed E-state index contributed by atoms with van der Waals surface area (Å²) < 4.78 is 10.1. The first-order valence-corrected chi connectivity index (χ1v) is 3.17. The van der Waals surface area contributed by atoms with E-state index in [1.54, 1.807) is 14.2 Å². The molecule has 0 amide bonds. The predicted octanol–water partition coefficient (Wildman–Crippen LogP) is 1.31.